The lowest BCUT2D eigenvalue weighted by atomic mass is 9.93. The lowest BCUT2D eigenvalue weighted by Gasteiger charge is -2.41. The first-order valence-corrected chi connectivity index (χ1v) is 9.75. The molecule has 0 aromatic heterocycles. The van der Waals surface area contributed by atoms with Gasteiger partial charge in [-0.25, -0.2) is 0 Å². The van der Waals surface area contributed by atoms with Gasteiger partial charge in [0.1, 0.15) is 24.7 Å². The lowest BCUT2D eigenvalue weighted by molar-refractivity contribution is -0.919. The average Bonchev–Trinajstić information content (AvgIpc) is 3.06. The summed E-state index contributed by atoms with van der Waals surface area (Å²) < 4.78 is 12.1. The quantitative estimate of drug-likeness (QED) is 0.747. The third kappa shape index (κ3) is 3.89. The zero-order valence-electron chi connectivity index (χ0n) is 15.3. The van der Waals surface area contributed by atoms with E-state index < -0.39 is 0 Å². The molecule has 4 rings (SSSR count). The summed E-state index contributed by atoms with van der Waals surface area (Å²) in [7, 11) is 2.32. The second kappa shape index (κ2) is 7.82. The van der Waals surface area contributed by atoms with Crippen molar-refractivity contribution in [2.45, 2.75) is 6.23 Å². The largest absolute Gasteiger partial charge is 0.379 e. The zero-order valence-corrected chi connectivity index (χ0v) is 16.0. The molecule has 0 radical (unpaired) electrons. The number of halogens is 1. The molecule has 3 aliphatic rings. The van der Waals surface area contributed by atoms with Crippen molar-refractivity contribution >= 4 is 17.3 Å². The Morgan fingerprint density at radius 1 is 1.08 bits per heavy atom. The third-order valence-corrected chi connectivity index (χ3v) is 5.94. The topological polar surface area (TPSA) is 43.3 Å². The van der Waals surface area contributed by atoms with E-state index in [1.807, 2.05) is 24.3 Å². The van der Waals surface area contributed by atoms with Crippen LogP contribution in [0.4, 0.5) is 0 Å². The molecule has 0 bridgehead atoms. The molecule has 0 N–H and O–H groups in total. The first-order chi connectivity index (χ1) is 12.6. The maximum atomic E-state index is 6.07. The number of ether oxygens (including phenoxy) is 2. The van der Waals surface area contributed by atoms with Crippen molar-refractivity contribution in [1.29, 1.82) is 0 Å². The van der Waals surface area contributed by atoms with Crippen LogP contribution in [0.5, 0.6) is 0 Å². The number of benzene rings is 1. The highest BCUT2D eigenvalue weighted by Gasteiger charge is 2.44. The molecule has 0 saturated carbocycles. The van der Waals surface area contributed by atoms with Gasteiger partial charge in [0.25, 0.3) is 0 Å². The highest BCUT2D eigenvalue weighted by atomic mass is 35.5. The van der Waals surface area contributed by atoms with Gasteiger partial charge in [0, 0.05) is 23.7 Å². The van der Waals surface area contributed by atoms with Crippen LogP contribution in [0.1, 0.15) is 5.56 Å². The normalized spacial score (nSPS) is 29.2. The highest BCUT2D eigenvalue weighted by molar-refractivity contribution is 6.30. The average molecular weight is 381 g/mol. The van der Waals surface area contributed by atoms with E-state index in [0.29, 0.717) is 0 Å². The summed E-state index contributed by atoms with van der Waals surface area (Å²) in [5, 5.41) is 5.26. The Bertz CT molecular complexity index is 640. The van der Waals surface area contributed by atoms with Crippen LogP contribution >= 0.6 is 11.6 Å². The number of hydrogen-bond donors (Lipinski definition) is 0. The molecular weight excluding hydrogens is 354 g/mol. The van der Waals surface area contributed by atoms with Crippen LogP contribution in [-0.2, 0) is 14.3 Å². The fourth-order valence-corrected chi connectivity index (χ4v) is 4.17. The van der Waals surface area contributed by atoms with E-state index in [0.717, 1.165) is 79.9 Å². The number of rotatable bonds is 4. The molecule has 0 amide bonds. The first kappa shape index (κ1) is 18.2. The van der Waals surface area contributed by atoms with Gasteiger partial charge in [0.15, 0.2) is 6.23 Å². The van der Waals surface area contributed by atoms with Crippen LogP contribution in [0.15, 0.2) is 29.4 Å². The Labute approximate surface area is 159 Å². The van der Waals surface area contributed by atoms with Crippen molar-refractivity contribution in [2.75, 3.05) is 66.2 Å². The molecule has 142 valence electrons. The summed E-state index contributed by atoms with van der Waals surface area (Å²) in [6.07, 6.45) is -0.0256. The standard InChI is InChI=1S/C19H27ClN3O3/c1-23(8-12-25-13-9-23)14-17-18(15-2-4-16(20)5-3-15)21-26-19(17)22-6-10-24-11-7-22/h2-5,17,19H,6-14H2,1H3/q+1/t17-,19-/m0/s1. The molecule has 2 fully saturated rings. The molecular formula is C19H27ClN3O3+. The minimum Gasteiger partial charge on any atom is -0.379 e. The molecule has 6 nitrogen and oxygen atoms in total. The minimum atomic E-state index is -0.0256. The molecule has 1 aromatic carbocycles. The molecule has 3 aliphatic heterocycles. The van der Waals surface area contributed by atoms with Gasteiger partial charge in [-0.1, -0.05) is 28.9 Å². The summed E-state index contributed by atoms with van der Waals surface area (Å²) in [6, 6.07) is 7.92. The van der Waals surface area contributed by atoms with Crippen LogP contribution in [0.3, 0.4) is 0 Å². The van der Waals surface area contributed by atoms with Gasteiger partial charge in [0.05, 0.1) is 40.0 Å². The highest BCUT2D eigenvalue weighted by Crippen LogP contribution is 2.30. The van der Waals surface area contributed by atoms with E-state index in [4.69, 9.17) is 25.9 Å². The van der Waals surface area contributed by atoms with E-state index in [1.165, 1.54) is 0 Å². The van der Waals surface area contributed by atoms with E-state index >= 15 is 0 Å². The van der Waals surface area contributed by atoms with Crippen molar-refractivity contribution < 1.29 is 18.8 Å². The van der Waals surface area contributed by atoms with E-state index in [9.17, 15) is 0 Å². The van der Waals surface area contributed by atoms with Crippen LogP contribution in [0.2, 0.25) is 5.02 Å². The minimum absolute atomic E-state index is 0.0256. The second-order valence-corrected chi connectivity index (χ2v) is 8.03. The molecule has 2 atom stereocenters. The van der Waals surface area contributed by atoms with Gasteiger partial charge < -0.3 is 18.8 Å². The van der Waals surface area contributed by atoms with Crippen molar-refractivity contribution in [3.05, 3.63) is 34.9 Å². The monoisotopic (exact) mass is 380 g/mol. The van der Waals surface area contributed by atoms with E-state index in [2.05, 4.69) is 17.1 Å². The Morgan fingerprint density at radius 2 is 1.73 bits per heavy atom. The van der Waals surface area contributed by atoms with Gasteiger partial charge in [-0.15, -0.1) is 0 Å². The van der Waals surface area contributed by atoms with Crippen LogP contribution < -0.4 is 0 Å². The number of nitrogens with zero attached hydrogens (tertiary/aromatic N) is 3. The Morgan fingerprint density at radius 3 is 2.42 bits per heavy atom. The number of hydrogen-bond acceptors (Lipinski definition) is 5. The maximum Gasteiger partial charge on any atom is 0.195 e. The van der Waals surface area contributed by atoms with E-state index in [-0.39, 0.29) is 12.1 Å². The second-order valence-electron chi connectivity index (χ2n) is 7.60. The molecule has 0 aliphatic carbocycles. The number of oxime groups is 1. The van der Waals surface area contributed by atoms with Crippen molar-refractivity contribution in [3.8, 4) is 0 Å². The van der Waals surface area contributed by atoms with Gasteiger partial charge in [-0.2, -0.15) is 0 Å². The van der Waals surface area contributed by atoms with Gasteiger partial charge in [-0.05, 0) is 12.1 Å². The molecule has 3 heterocycles. The molecule has 1 aromatic rings. The lowest BCUT2D eigenvalue weighted by Crippen LogP contribution is -2.58. The Balaban J connectivity index is 1.58. The maximum absolute atomic E-state index is 6.07. The van der Waals surface area contributed by atoms with E-state index in [1.54, 1.807) is 0 Å². The van der Waals surface area contributed by atoms with Crippen molar-refractivity contribution in [1.82, 2.24) is 4.90 Å². The van der Waals surface area contributed by atoms with Crippen LogP contribution in [0.25, 0.3) is 0 Å². The molecule has 7 heteroatoms. The molecule has 2 saturated heterocycles. The summed E-state index contributed by atoms with van der Waals surface area (Å²) in [4.78, 5) is 8.34. The number of morpholine rings is 2. The molecule has 0 spiro atoms. The first-order valence-electron chi connectivity index (χ1n) is 9.37. The zero-order chi connectivity index (χ0) is 18.0. The smallest absolute Gasteiger partial charge is 0.195 e. The molecule has 26 heavy (non-hydrogen) atoms. The van der Waals surface area contributed by atoms with Gasteiger partial charge in [-0.3, -0.25) is 4.90 Å². The van der Waals surface area contributed by atoms with Gasteiger partial charge >= 0.3 is 0 Å². The van der Waals surface area contributed by atoms with Crippen LogP contribution in [0, 0.1) is 5.92 Å². The third-order valence-electron chi connectivity index (χ3n) is 5.69. The fourth-order valence-electron chi connectivity index (χ4n) is 4.05. The molecule has 0 unspecified atom stereocenters. The summed E-state index contributed by atoms with van der Waals surface area (Å²) in [5.74, 6) is 0.220. The van der Waals surface area contributed by atoms with Crippen molar-refractivity contribution in [2.24, 2.45) is 11.1 Å². The predicted octanol–water partition coefficient (Wildman–Crippen LogP) is 1.83. The van der Waals surface area contributed by atoms with Gasteiger partial charge in [0.2, 0.25) is 0 Å². The fraction of sp³-hybridized carbons (Fsp3) is 0.632. The summed E-state index contributed by atoms with van der Waals surface area (Å²) in [6.45, 7) is 7.97. The summed E-state index contributed by atoms with van der Waals surface area (Å²) in [5.41, 5.74) is 2.12. The Kier molecular flexibility index (Phi) is 5.47. The SMILES string of the molecule is C[N+]1(C[C@H]2C(c3ccc(Cl)cc3)=NO[C@@H]2N2CCOCC2)CCOCC1. The van der Waals surface area contributed by atoms with Crippen LogP contribution in [-0.4, -0.2) is 87.5 Å². The number of likely N-dealkylation sites (N-methyl/N-ethyl adjacent to an activating group) is 1. The summed E-state index contributed by atoms with van der Waals surface area (Å²) >= 11 is 6.07. The van der Waals surface area contributed by atoms with Crippen molar-refractivity contribution in [3.63, 3.8) is 0 Å². The predicted molar refractivity (Wildman–Crippen MR) is 100 cm³/mol. The number of quaternary nitrogens is 1. The Hall–Kier alpha value is -1.18.